The number of benzene rings is 1. The molecular weight excluding hydrogens is 182 g/mol. The third kappa shape index (κ3) is 0.986. The first-order valence-electron chi connectivity index (χ1n) is 4.26. The van der Waals surface area contributed by atoms with Crippen LogP contribution in [-0.2, 0) is 6.42 Å². The summed E-state index contributed by atoms with van der Waals surface area (Å²) in [6.45, 7) is 1.04. The number of fused-ring (bicyclic) bond motifs is 2. The largest absolute Gasteiger partial charge is 0.384 e. The lowest BCUT2D eigenvalue weighted by molar-refractivity contribution is 1.11. The lowest BCUT2D eigenvalue weighted by Gasteiger charge is -1.97. The molecule has 0 atom stereocenters. The molecule has 0 radical (unpaired) electrons. The zero-order valence-electron chi connectivity index (χ0n) is 7.00. The van der Waals surface area contributed by atoms with Crippen LogP contribution in [0, 0.1) is 0 Å². The van der Waals surface area contributed by atoms with E-state index in [2.05, 4.69) is 22.4 Å². The molecule has 0 saturated heterocycles. The van der Waals surface area contributed by atoms with Crippen molar-refractivity contribution >= 4 is 32.4 Å². The minimum atomic E-state index is 0.652. The predicted octanol–water partition coefficient (Wildman–Crippen LogP) is 1.85. The number of nitrogen functional groups attached to an aromatic ring is 1. The molecule has 3 N–H and O–H groups in total. The molecular formula is C9H9N3S. The van der Waals surface area contributed by atoms with Gasteiger partial charge in [-0.05, 0) is 24.1 Å². The zero-order chi connectivity index (χ0) is 8.84. The second-order valence-corrected chi connectivity index (χ2v) is 4.27. The molecule has 0 amide bonds. The van der Waals surface area contributed by atoms with E-state index in [0.717, 1.165) is 18.5 Å². The van der Waals surface area contributed by atoms with Crippen LogP contribution in [0.5, 0.6) is 0 Å². The lowest BCUT2D eigenvalue weighted by Crippen LogP contribution is -1.90. The van der Waals surface area contributed by atoms with Gasteiger partial charge in [0.25, 0.3) is 0 Å². The summed E-state index contributed by atoms with van der Waals surface area (Å²) in [5, 5.41) is 3.99. The number of hydrogen-bond donors (Lipinski definition) is 2. The van der Waals surface area contributed by atoms with Gasteiger partial charge in [0, 0.05) is 12.2 Å². The minimum absolute atomic E-state index is 0.652. The number of thiazole rings is 1. The van der Waals surface area contributed by atoms with Crippen LogP contribution in [-0.4, -0.2) is 11.5 Å². The summed E-state index contributed by atoms with van der Waals surface area (Å²) < 4.78 is 1.17. The summed E-state index contributed by atoms with van der Waals surface area (Å²) in [5.41, 5.74) is 9.28. The van der Waals surface area contributed by atoms with E-state index in [9.17, 15) is 0 Å². The van der Waals surface area contributed by atoms with E-state index >= 15 is 0 Å². The number of hydrogen-bond acceptors (Lipinski definition) is 4. The predicted molar refractivity (Wildman–Crippen MR) is 56.2 cm³/mol. The number of nitrogens with zero attached hydrogens (tertiary/aromatic N) is 1. The molecule has 0 fully saturated rings. The third-order valence-electron chi connectivity index (χ3n) is 2.34. The van der Waals surface area contributed by atoms with Crippen LogP contribution in [0.1, 0.15) is 5.56 Å². The van der Waals surface area contributed by atoms with Crippen LogP contribution < -0.4 is 11.1 Å². The summed E-state index contributed by atoms with van der Waals surface area (Å²) in [4.78, 5) is 4.26. The highest BCUT2D eigenvalue weighted by atomic mass is 32.1. The van der Waals surface area contributed by atoms with Crippen molar-refractivity contribution < 1.29 is 0 Å². The fourth-order valence-electron chi connectivity index (χ4n) is 1.74. The number of anilines is 2. The maximum absolute atomic E-state index is 5.64. The number of aromatic nitrogens is 1. The Morgan fingerprint density at radius 3 is 3.31 bits per heavy atom. The number of nitrogens with two attached hydrogens (primary N) is 1. The Labute approximate surface area is 79.6 Å². The molecule has 0 aliphatic carbocycles. The van der Waals surface area contributed by atoms with Crippen LogP contribution in [0.4, 0.5) is 10.8 Å². The monoisotopic (exact) mass is 191 g/mol. The Balaban J connectivity index is 2.35. The van der Waals surface area contributed by atoms with Crippen LogP contribution in [0.15, 0.2) is 12.1 Å². The quantitative estimate of drug-likeness (QED) is 0.668. The smallest absolute Gasteiger partial charge is 0.181 e. The van der Waals surface area contributed by atoms with Crippen molar-refractivity contribution in [2.75, 3.05) is 17.6 Å². The van der Waals surface area contributed by atoms with Gasteiger partial charge in [-0.1, -0.05) is 11.3 Å². The van der Waals surface area contributed by atoms with Crippen LogP contribution in [0.3, 0.4) is 0 Å². The van der Waals surface area contributed by atoms with Gasteiger partial charge >= 0.3 is 0 Å². The summed E-state index contributed by atoms with van der Waals surface area (Å²) >= 11 is 1.54. The minimum Gasteiger partial charge on any atom is -0.384 e. The van der Waals surface area contributed by atoms with Crippen molar-refractivity contribution in [3.63, 3.8) is 0 Å². The molecule has 0 saturated carbocycles. The van der Waals surface area contributed by atoms with Crippen molar-refractivity contribution in [3.05, 3.63) is 17.7 Å². The summed E-state index contributed by atoms with van der Waals surface area (Å²) in [6, 6.07) is 4.28. The third-order valence-corrected chi connectivity index (χ3v) is 3.19. The molecule has 4 heteroatoms. The second kappa shape index (κ2) is 2.35. The zero-order valence-corrected chi connectivity index (χ0v) is 7.82. The van der Waals surface area contributed by atoms with Crippen molar-refractivity contribution in [2.24, 2.45) is 0 Å². The van der Waals surface area contributed by atoms with Crippen molar-refractivity contribution in [1.82, 2.24) is 4.98 Å². The molecule has 3 nitrogen and oxygen atoms in total. The maximum atomic E-state index is 5.64. The highest BCUT2D eigenvalue weighted by Crippen LogP contribution is 2.31. The van der Waals surface area contributed by atoms with Crippen LogP contribution in [0.25, 0.3) is 10.2 Å². The molecule has 2 heterocycles. The van der Waals surface area contributed by atoms with Crippen molar-refractivity contribution in [3.8, 4) is 0 Å². The maximum Gasteiger partial charge on any atom is 0.181 e. The SMILES string of the molecule is Nc1nc2cc3c(cc2s1)NCC3. The van der Waals surface area contributed by atoms with E-state index in [1.165, 1.54) is 16.0 Å². The average Bonchev–Trinajstić information content (AvgIpc) is 2.63. The normalized spacial score (nSPS) is 14.5. The number of rotatable bonds is 0. The van der Waals surface area contributed by atoms with Gasteiger partial charge in [-0.3, -0.25) is 0 Å². The van der Waals surface area contributed by atoms with E-state index in [-0.39, 0.29) is 0 Å². The first-order chi connectivity index (χ1) is 6.33. The molecule has 2 aromatic rings. The molecule has 1 aliphatic heterocycles. The second-order valence-electron chi connectivity index (χ2n) is 3.21. The molecule has 1 aliphatic rings. The summed E-state index contributed by atoms with van der Waals surface area (Å²) in [6.07, 6.45) is 1.10. The van der Waals surface area contributed by atoms with Gasteiger partial charge in [0.2, 0.25) is 0 Å². The van der Waals surface area contributed by atoms with Crippen molar-refractivity contribution in [2.45, 2.75) is 6.42 Å². The van der Waals surface area contributed by atoms with Crippen LogP contribution in [0.2, 0.25) is 0 Å². The molecule has 0 unspecified atom stereocenters. The molecule has 1 aromatic carbocycles. The van der Waals surface area contributed by atoms with E-state index in [1.54, 1.807) is 11.3 Å². The van der Waals surface area contributed by atoms with Gasteiger partial charge in [0.1, 0.15) is 0 Å². The van der Waals surface area contributed by atoms with Gasteiger partial charge < -0.3 is 11.1 Å². The first-order valence-corrected chi connectivity index (χ1v) is 5.07. The van der Waals surface area contributed by atoms with E-state index in [0.29, 0.717) is 5.13 Å². The van der Waals surface area contributed by atoms with Gasteiger partial charge in [-0.15, -0.1) is 0 Å². The molecule has 0 spiro atoms. The van der Waals surface area contributed by atoms with Gasteiger partial charge in [0.05, 0.1) is 10.2 Å². The lowest BCUT2D eigenvalue weighted by atomic mass is 10.1. The standard InChI is InChI=1S/C9H9N3S/c10-9-12-7-3-5-1-2-11-6(5)4-8(7)13-9/h3-4,11H,1-2H2,(H2,10,12). The highest BCUT2D eigenvalue weighted by Gasteiger charge is 2.12. The Kier molecular flexibility index (Phi) is 1.29. The van der Waals surface area contributed by atoms with Crippen LogP contribution >= 0.6 is 11.3 Å². The molecule has 3 rings (SSSR count). The van der Waals surface area contributed by atoms with Gasteiger partial charge in [-0.2, -0.15) is 0 Å². The molecule has 66 valence electrons. The molecule has 0 bridgehead atoms. The summed E-state index contributed by atoms with van der Waals surface area (Å²) in [5.74, 6) is 0. The number of nitrogens with one attached hydrogen (secondary N) is 1. The first kappa shape index (κ1) is 7.15. The Morgan fingerprint density at radius 1 is 1.46 bits per heavy atom. The van der Waals surface area contributed by atoms with Gasteiger partial charge in [-0.25, -0.2) is 4.98 Å². The van der Waals surface area contributed by atoms with E-state index in [1.807, 2.05) is 0 Å². The fourth-order valence-corrected chi connectivity index (χ4v) is 2.49. The Morgan fingerprint density at radius 2 is 2.38 bits per heavy atom. The average molecular weight is 191 g/mol. The Hall–Kier alpha value is -1.29. The Bertz CT molecular complexity index is 434. The fraction of sp³-hybridized carbons (Fsp3) is 0.222. The van der Waals surface area contributed by atoms with E-state index in [4.69, 9.17) is 5.73 Å². The highest BCUT2D eigenvalue weighted by molar-refractivity contribution is 7.22. The molecule has 1 aromatic heterocycles. The topological polar surface area (TPSA) is 50.9 Å². The van der Waals surface area contributed by atoms with Gasteiger partial charge in [0.15, 0.2) is 5.13 Å². The van der Waals surface area contributed by atoms with Crippen molar-refractivity contribution in [1.29, 1.82) is 0 Å². The molecule has 13 heavy (non-hydrogen) atoms. The van der Waals surface area contributed by atoms with E-state index < -0.39 is 0 Å². The summed E-state index contributed by atoms with van der Waals surface area (Å²) in [7, 11) is 0.